The summed E-state index contributed by atoms with van der Waals surface area (Å²) in [6.07, 6.45) is 1.47. The number of nitrogens with zero attached hydrogens (tertiary/aromatic N) is 4. The lowest BCUT2D eigenvalue weighted by Crippen LogP contribution is -2.57. The number of benzene rings is 4. The smallest absolute Gasteiger partial charge is 0.246 e. The molecule has 376 valence electrons. The molecule has 4 amide bonds. The van der Waals surface area contributed by atoms with Gasteiger partial charge in [0.05, 0.1) is 22.2 Å². The number of piperazine rings is 1. The van der Waals surface area contributed by atoms with Crippen LogP contribution in [0, 0.1) is 12.3 Å². The second kappa shape index (κ2) is 24.0. The predicted molar refractivity (Wildman–Crippen MR) is 277 cm³/mol. The third kappa shape index (κ3) is 13.9. The molecule has 15 heteroatoms. The monoisotopic (exact) mass is 984 g/mol. The van der Waals surface area contributed by atoms with E-state index in [1.165, 1.54) is 4.90 Å². The second-order valence-electron chi connectivity index (χ2n) is 19.5. The minimum absolute atomic E-state index is 0.00468. The molecule has 1 aromatic heterocycles. The molecular weight excluding hydrogens is 917 g/mol. The largest absolute Gasteiger partial charge is 0.508 e. The van der Waals surface area contributed by atoms with Gasteiger partial charge in [-0.3, -0.25) is 24.1 Å². The molecule has 5 N–H and O–H groups in total. The Labute approximate surface area is 421 Å². The Morgan fingerprint density at radius 1 is 0.817 bits per heavy atom. The number of phenolic OH excluding ortho intramolecular Hbond substituents is 2. The molecule has 1 unspecified atom stereocenters. The van der Waals surface area contributed by atoms with E-state index in [0.29, 0.717) is 45.5 Å². The number of aryl methyl sites for hydroxylation is 1. The molecule has 5 aromatic rings. The number of nitrogens with one attached hydrogen (secondary N) is 2. The number of hydrogen-bond acceptors (Lipinski definition) is 11. The molecule has 3 atom stereocenters. The molecule has 0 saturated carbocycles. The summed E-state index contributed by atoms with van der Waals surface area (Å²) in [6, 6.07) is 28.5. The van der Waals surface area contributed by atoms with Gasteiger partial charge in [-0.1, -0.05) is 88.4 Å². The van der Waals surface area contributed by atoms with Crippen LogP contribution in [0.1, 0.15) is 94.2 Å². The molecule has 4 aromatic carbocycles. The number of aliphatic hydroxyl groups is 1. The van der Waals surface area contributed by atoms with Crippen molar-refractivity contribution in [2.75, 3.05) is 45.9 Å². The van der Waals surface area contributed by atoms with Crippen LogP contribution in [0.25, 0.3) is 21.6 Å². The maximum Gasteiger partial charge on any atom is 0.246 e. The number of ether oxygens (including phenoxy) is 1. The number of carbonyl (C=O) groups is 4. The van der Waals surface area contributed by atoms with E-state index in [1.54, 1.807) is 35.6 Å². The number of rotatable bonds is 19. The quantitative estimate of drug-likeness (QED) is 0.0404. The maximum absolute atomic E-state index is 14.1. The van der Waals surface area contributed by atoms with Gasteiger partial charge in [-0.15, -0.1) is 11.3 Å². The summed E-state index contributed by atoms with van der Waals surface area (Å²) in [7, 11) is 0. The molecular formula is C56H68N6O8S. The van der Waals surface area contributed by atoms with E-state index in [0.717, 1.165) is 74.8 Å². The Morgan fingerprint density at radius 3 is 2.01 bits per heavy atom. The molecule has 0 aliphatic carbocycles. The van der Waals surface area contributed by atoms with Gasteiger partial charge in [0.25, 0.3) is 0 Å². The van der Waals surface area contributed by atoms with Crippen molar-refractivity contribution in [1.29, 1.82) is 0 Å². The molecule has 71 heavy (non-hydrogen) atoms. The minimum atomic E-state index is -0.923. The third-order valence-corrected chi connectivity index (χ3v) is 14.3. The number of allylic oxidation sites excluding steroid dienone is 1. The number of phenols is 2. The molecule has 0 radical (unpaired) electrons. The molecule has 3 heterocycles. The predicted octanol–water partition coefficient (Wildman–Crippen LogP) is 7.79. The topological polar surface area (TPSA) is 185 Å². The van der Waals surface area contributed by atoms with E-state index in [-0.39, 0.29) is 55.2 Å². The van der Waals surface area contributed by atoms with Crippen LogP contribution in [0.2, 0.25) is 0 Å². The van der Waals surface area contributed by atoms with Gasteiger partial charge in [0.15, 0.2) is 0 Å². The Bertz CT molecular complexity index is 2620. The summed E-state index contributed by atoms with van der Waals surface area (Å²) in [4.78, 5) is 65.0. The zero-order chi connectivity index (χ0) is 50.7. The van der Waals surface area contributed by atoms with E-state index >= 15 is 0 Å². The normalized spacial score (nSPS) is 17.1. The van der Waals surface area contributed by atoms with Crippen LogP contribution in [-0.4, -0.2) is 123 Å². The van der Waals surface area contributed by atoms with Crippen molar-refractivity contribution in [3.05, 3.63) is 131 Å². The molecule has 7 rings (SSSR count). The molecule has 2 aliphatic heterocycles. The van der Waals surface area contributed by atoms with Crippen LogP contribution in [0.3, 0.4) is 0 Å². The number of aliphatic hydroxyl groups excluding tert-OH is 1. The Kier molecular flexibility index (Phi) is 17.7. The van der Waals surface area contributed by atoms with Crippen LogP contribution < -0.4 is 15.4 Å². The molecule has 0 bridgehead atoms. The lowest BCUT2D eigenvalue weighted by Gasteiger charge is -2.35. The summed E-state index contributed by atoms with van der Waals surface area (Å²) >= 11 is 1.57. The SMILES string of the molecule is CCC(=C(c1ccc(O)cc1)c1ccc(OCCN2CCN(C(=O)CCCCC(=O)NC(C(=O)N3C[C@H](O)C[C@H]3C(=O)NCc3ccc(-c4scnc4C)cc3)C(C)(C)C)CC2)cc1)c1ccc(O)cc1. The van der Waals surface area contributed by atoms with Crippen LogP contribution in [0.4, 0.5) is 0 Å². The summed E-state index contributed by atoms with van der Waals surface area (Å²) < 4.78 is 6.16. The van der Waals surface area contributed by atoms with E-state index < -0.39 is 29.5 Å². The first-order valence-electron chi connectivity index (χ1n) is 24.7. The second-order valence-corrected chi connectivity index (χ2v) is 20.4. The van der Waals surface area contributed by atoms with E-state index in [1.807, 2.05) is 111 Å². The van der Waals surface area contributed by atoms with Crippen molar-refractivity contribution in [3.8, 4) is 27.7 Å². The fourth-order valence-corrected chi connectivity index (χ4v) is 10.1. The standard InChI is InChI=1S/C56H68N6O8S/c1-6-47(39-15-21-43(63)22-16-39)51(40-17-23-44(64)24-18-40)41-19-25-46(26-20-41)70-32-31-60-27-29-61(30-28-60)50(67)10-8-7-9-49(66)59-53(56(3,4)5)55(69)62-35-45(65)33-48(62)54(68)57-34-38-11-13-42(14-12-38)52-37(2)58-36-71-52/h11-26,36,45,48,53,63-65H,6-10,27-35H2,1-5H3,(H,57,68)(H,59,66)/t45-,48+,53?/m1/s1. The van der Waals surface area contributed by atoms with Crippen LogP contribution in [0.15, 0.2) is 103 Å². The number of aromatic nitrogens is 1. The Balaban J connectivity index is 0.820. The van der Waals surface area contributed by atoms with Gasteiger partial charge in [0, 0.05) is 65.1 Å². The number of likely N-dealkylation sites (tertiary alicyclic amines) is 1. The third-order valence-electron chi connectivity index (χ3n) is 13.3. The van der Waals surface area contributed by atoms with Crippen molar-refractivity contribution in [2.45, 2.75) is 97.9 Å². The Morgan fingerprint density at radius 2 is 1.42 bits per heavy atom. The van der Waals surface area contributed by atoms with Gasteiger partial charge >= 0.3 is 0 Å². The zero-order valence-electron chi connectivity index (χ0n) is 41.5. The van der Waals surface area contributed by atoms with Crippen molar-refractivity contribution in [2.24, 2.45) is 5.41 Å². The maximum atomic E-state index is 14.1. The first-order chi connectivity index (χ1) is 34.1. The summed E-state index contributed by atoms with van der Waals surface area (Å²) in [5.41, 5.74) is 9.19. The molecule has 2 saturated heterocycles. The van der Waals surface area contributed by atoms with Crippen LogP contribution in [0.5, 0.6) is 17.2 Å². The van der Waals surface area contributed by atoms with E-state index in [4.69, 9.17) is 4.74 Å². The van der Waals surface area contributed by atoms with Gasteiger partial charge < -0.3 is 40.5 Å². The lowest BCUT2D eigenvalue weighted by molar-refractivity contribution is -0.144. The van der Waals surface area contributed by atoms with Crippen molar-refractivity contribution in [1.82, 2.24) is 30.3 Å². The number of aromatic hydroxyl groups is 2. The van der Waals surface area contributed by atoms with Crippen LogP contribution >= 0.6 is 11.3 Å². The Hall–Kier alpha value is -6.55. The van der Waals surface area contributed by atoms with Gasteiger partial charge in [-0.2, -0.15) is 0 Å². The minimum Gasteiger partial charge on any atom is -0.508 e. The first kappa shape index (κ1) is 52.3. The average Bonchev–Trinajstić information content (AvgIpc) is 3.98. The highest BCUT2D eigenvalue weighted by molar-refractivity contribution is 7.13. The highest BCUT2D eigenvalue weighted by Crippen LogP contribution is 2.36. The first-order valence-corrected chi connectivity index (χ1v) is 25.6. The fourth-order valence-electron chi connectivity index (χ4n) is 9.30. The van der Waals surface area contributed by atoms with E-state index in [9.17, 15) is 34.5 Å². The highest BCUT2D eigenvalue weighted by atomic mass is 32.1. The molecule has 2 aliphatic rings. The van der Waals surface area contributed by atoms with Gasteiger partial charge in [-0.05, 0) is 107 Å². The fraction of sp³-hybridized carbons (Fsp3) is 0.411. The van der Waals surface area contributed by atoms with Gasteiger partial charge in [-0.25, -0.2) is 4.98 Å². The van der Waals surface area contributed by atoms with Crippen molar-refractivity contribution < 1.29 is 39.2 Å². The van der Waals surface area contributed by atoms with Crippen LogP contribution in [-0.2, 0) is 25.7 Å². The van der Waals surface area contributed by atoms with Crippen molar-refractivity contribution >= 4 is 46.1 Å². The number of thiazole rings is 1. The number of carbonyl (C=O) groups excluding carboxylic acids is 4. The summed E-state index contributed by atoms with van der Waals surface area (Å²) in [6.45, 7) is 13.8. The van der Waals surface area contributed by atoms with Crippen molar-refractivity contribution in [3.63, 3.8) is 0 Å². The number of amides is 4. The van der Waals surface area contributed by atoms with E-state index in [2.05, 4.69) is 27.4 Å². The highest BCUT2D eigenvalue weighted by Gasteiger charge is 2.44. The van der Waals surface area contributed by atoms with Gasteiger partial charge in [0.2, 0.25) is 23.6 Å². The molecule has 2 fully saturated rings. The number of unbranched alkanes of at least 4 members (excludes halogenated alkanes) is 1. The number of β-amino-alcohol motifs (C(OH)–C–C–N with tert-alkyl or cyclic N) is 1. The lowest BCUT2D eigenvalue weighted by atomic mass is 9.85. The summed E-state index contributed by atoms with van der Waals surface area (Å²) in [5.74, 6) is 0.139. The average molecular weight is 985 g/mol. The zero-order valence-corrected chi connectivity index (χ0v) is 42.3. The molecule has 14 nitrogen and oxygen atoms in total. The summed E-state index contributed by atoms with van der Waals surface area (Å²) in [5, 5.41) is 36.4. The van der Waals surface area contributed by atoms with Gasteiger partial charge in [0.1, 0.15) is 35.9 Å². The molecule has 0 spiro atoms. The number of hydrogen-bond donors (Lipinski definition) is 5.